The highest BCUT2D eigenvalue weighted by Gasteiger charge is 2.31. The monoisotopic (exact) mass is 351 g/mol. The van der Waals surface area contributed by atoms with Gasteiger partial charge in [-0.1, -0.05) is 42.5 Å². The summed E-state index contributed by atoms with van der Waals surface area (Å²) in [5.41, 5.74) is 2.11. The van der Waals surface area contributed by atoms with Gasteiger partial charge < -0.3 is 5.32 Å². The molecule has 1 atom stereocenters. The van der Waals surface area contributed by atoms with Crippen LogP contribution in [0.5, 0.6) is 0 Å². The van der Waals surface area contributed by atoms with E-state index in [1.807, 2.05) is 10.9 Å². The SMILES string of the molecule is CC(C)(C)n1ncc2c1NC(=O)CS[C@@H]2c1cccc2ccccc12. The number of anilines is 1. The second-order valence-corrected chi connectivity index (χ2v) is 8.43. The molecule has 0 spiro atoms. The van der Waals surface area contributed by atoms with Gasteiger partial charge in [-0.05, 0) is 37.1 Å². The van der Waals surface area contributed by atoms with Crippen molar-refractivity contribution in [3.63, 3.8) is 0 Å². The highest BCUT2D eigenvalue weighted by Crippen LogP contribution is 2.44. The lowest BCUT2D eigenvalue weighted by atomic mass is 9.99. The molecule has 0 saturated carbocycles. The largest absolute Gasteiger partial charge is 0.310 e. The predicted octanol–water partition coefficient (Wildman–Crippen LogP) is 4.57. The number of carbonyl (C=O) groups excluding carboxylic acids is 1. The summed E-state index contributed by atoms with van der Waals surface area (Å²) in [6, 6.07) is 14.8. The Kier molecular flexibility index (Phi) is 3.84. The lowest BCUT2D eigenvalue weighted by Crippen LogP contribution is -2.27. The quantitative estimate of drug-likeness (QED) is 0.699. The lowest BCUT2D eigenvalue weighted by Gasteiger charge is -2.23. The van der Waals surface area contributed by atoms with Gasteiger partial charge in [0.05, 0.1) is 22.7 Å². The second kappa shape index (κ2) is 5.92. The molecule has 3 aromatic rings. The molecule has 0 radical (unpaired) electrons. The molecule has 128 valence electrons. The van der Waals surface area contributed by atoms with Gasteiger partial charge in [0.2, 0.25) is 5.91 Å². The Bertz CT molecular complexity index is 950. The number of nitrogens with one attached hydrogen (secondary N) is 1. The minimum absolute atomic E-state index is 0.0278. The fourth-order valence-electron chi connectivity index (χ4n) is 3.34. The molecule has 5 heteroatoms. The first-order valence-electron chi connectivity index (χ1n) is 8.42. The molecule has 1 aliphatic heterocycles. The van der Waals surface area contributed by atoms with E-state index in [4.69, 9.17) is 0 Å². The van der Waals surface area contributed by atoms with Crippen molar-refractivity contribution in [2.75, 3.05) is 11.1 Å². The fourth-order valence-corrected chi connectivity index (χ4v) is 4.47. The number of rotatable bonds is 1. The third-order valence-corrected chi connectivity index (χ3v) is 5.73. The first-order chi connectivity index (χ1) is 11.9. The zero-order chi connectivity index (χ0) is 17.6. The van der Waals surface area contributed by atoms with E-state index in [0.29, 0.717) is 5.75 Å². The topological polar surface area (TPSA) is 46.9 Å². The van der Waals surface area contributed by atoms with Crippen molar-refractivity contribution in [2.45, 2.75) is 31.6 Å². The smallest absolute Gasteiger partial charge is 0.235 e. The maximum atomic E-state index is 12.3. The maximum absolute atomic E-state index is 12.3. The summed E-state index contributed by atoms with van der Waals surface area (Å²) in [4.78, 5) is 12.3. The maximum Gasteiger partial charge on any atom is 0.235 e. The minimum Gasteiger partial charge on any atom is -0.310 e. The number of nitrogens with zero attached hydrogens (tertiary/aromatic N) is 2. The Labute approximate surface area is 151 Å². The Balaban J connectivity index is 1.92. The van der Waals surface area contributed by atoms with Crippen molar-refractivity contribution < 1.29 is 4.79 Å². The van der Waals surface area contributed by atoms with Crippen LogP contribution < -0.4 is 5.32 Å². The molecule has 4 nitrogen and oxygen atoms in total. The molecule has 1 aromatic heterocycles. The van der Waals surface area contributed by atoms with Crippen molar-refractivity contribution in [1.29, 1.82) is 0 Å². The minimum atomic E-state index is -0.195. The Hall–Kier alpha value is -2.27. The van der Waals surface area contributed by atoms with E-state index in [0.717, 1.165) is 11.4 Å². The molecule has 2 aromatic carbocycles. The molecule has 1 amide bonds. The number of fused-ring (bicyclic) bond motifs is 2. The molecule has 0 fully saturated rings. The van der Waals surface area contributed by atoms with E-state index in [9.17, 15) is 4.79 Å². The summed E-state index contributed by atoms with van der Waals surface area (Å²) < 4.78 is 1.92. The average molecular weight is 351 g/mol. The number of thioether (sulfide) groups is 1. The molecule has 2 heterocycles. The van der Waals surface area contributed by atoms with E-state index in [-0.39, 0.29) is 16.7 Å². The van der Waals surface area contributed by atoms with Crippen LogP contribution in [0.2, 0.25) is 0 Å². The van der Waals surface area contributed by atoms with Crippen LogP contribution >= 0.6 is 11.8 Å². The van der Waals surface area contributed by atoms with E-state index >= 15 is 0 Å². The van der Waals surface area contributed by atoms with Crippen molar-refractivity contribution in [2.24, 2.45) is 0 Å². The van der Waals surface area contributed by atoms with E-state index in [1.54, 1.807) is 11.8 Å². The van der Waals surface area contributed by atoms with Gasteiger partial charge in [-0.3, -0.25) is 4.79 Å². The number of hydrogen-bond acceptors (Lipinski definition) is 3. The van der Waals surface area contributed by atoms with Crippen LogP contribution in [0.1, 0.15) is 37.1 Å². The van der Waals surface area contributed by atoms with Crippen molar-refractivity contribution >= 4 is 34.3 Å². The molecular weight excluding hydrogens is 330 g/mol. The van der Waals surface area contributed by atoms with Gasteiger partial charge in [0.25, 0.3) is 0 Å². The second-order valence-electron chi connectivity index (χ2n) is 7.34. The molecule has 1 N–H and O–H groups in total. The third-order valence-electron chi connectivity index (χ3n) is 4.46. The molecule has 4 rings (SSSR count). The van der Waals surface area contributed by atoms with E-state index < -0.39 is 0 Å². The molecule has 0 saturated heterocycles. The number of amides is 1. The Morgan fingerprint density at radius 2 is 1.88 bits per heavy atom. The summed E-state index contributed by atoms with van der Waals surface area (Å²) in [6.07, 6.45) is 1.91. The third kappa shape index (κ3) is 2.82. The molecule has 0 unspecified atom stereocenters. The molecular formula is C20H21N3OS. The number of aromatic nitrogens is 2. The van der Waals surface area contributed by atoms with E-state index in [2.05, 4.69) is 73.7 Å². The summed E-state index contributed by atoms with van der Waals surface area (Å²) in [5.74, 6) is 1.28. The number of hydrogen-bond donors (Lipinski definition) is 1. The molecule has 0 aliphatic carbocycles. The van der Waals surface area contributed by atoms with Gasteiger partial charge in [0.1, 0.15) is 5.82 Å². The summed E-state index contributed by atoms with van der Waals surface area (Å²) >= 11 is 1.66. The van der Waals surface area contributed by atoms with Crippen molar-refractivity contribution in [3.05, 3.63) is 59.8 Å². The predicted molar refractivity (Wildman–Crippen MR) is 104 cm³/mol. The van der Waals surface area contributed by atoms with Gasteiger partial charge in [0, 0.05) is 5.56 Å². The van der Waals surface area contributed by atoms with E-state index in [1.165, 1.54) is 16.3 Å². The lowest BCUT2D eigenvalue weighted by molar-refractivity contribution is -0.113. The van der Waals surface area contributed by atoms with Gasteiger partial charge in [-0.15, -0.1) is 11.8 Å². The van der Waals surface area contributed by atoms with Crippen LogP contribution in [-0.4, -0.2) is 21.4 Å². The highest BCUT2D eigenvalue weighted by molar-refractivity contribution is 8.00. The van der Waals surface area contributed by atoms with Crippen molar-refractivity contribution in [1.82, 2.24) is 9.78 Å². The van der Waals surface area contributed by atoms with Gasteiger partial charge in [-0.25, -0.2) is 4.68 Å². The first-order valence-corrected chi connectivity index (χ1v) is 9.47. The Morgan fingerprint density at radius 3 is 2.68 bits per heavy atom. The summed E-state index contributed by atoms with van der Waals surface area (Å²) in [6.45, 7) is 6.28. The number of carbonyl (C=O) groups is 1. The van der Waals surface area contributed by atoms with Crippen molar-refractivity contribution in [3.8, 4) is 0 Å². The zero-order valence-corrected chi connectivity index (χ0v) is 15.4. The fraction of sp³-hybridized carbons (Fsp3) is 0.300. The molecule has 25 heavy (non-hydrogen) atoms. The zero-order valence-electron chi connectivity index (χ0n) is 14.6. The summed E-state index contributed by atoms with van der Waals surface area (Å²) in [5, 5.41) is 10.2. The average Bonchev–Trinajstić information content (AvgIpc) is 2.92. The van der Waals surface area contributed by atoms with Gasteiger partial charge in [0.15, 0.2) is 0 Å². The van der Waals surface area contributed by atoms with Crippen LogP contribution in [0.4, 0.5) is 5.82 Å². The Morgan fingerprint density at radius 1 is 1.12 bits per heavy atom. The highest BCUT2D eigenvalue weighted by atomic mass is 32.2. The van der Waals surface area contributed by atoms with Crippen LogP contribution in [0.25, 0.3) is 10.8 Å². The van der Waals surface area contributed by atoms with Crippen LogP contribution in [0.15, 0.2) is 48.7 Å². The van der Waals surface area contributed by atoms with Gasteiger partial charge >= 0.3 is 0 Å². The first kappa shape index (κ1) is 16.2. The van der Waals surface area contributed by atoms with Crippen LogP contribution in [0.3, 0.4) is 0 Å². The standard InChI is InChI=1S/C20H21N3OS/c1-20(2,3)23-19-16(11-21-23)18(25-12-17(24)22-19)15-10-6-8-13-7-4-5-9-14(13)15/h4-11,18H,12H2,1-3H3,(H,22,24)/t18-/m1/s1. The number of benzene rings is 2. The van der Waals surface area contributed by atoms with Crippen LogP contribution in [-0.2, 0) is 10.3 Å². The molecule has 1 aliphatic rings. The summed E-state index contributed by atoms with van der Waals surface area (Å²) in [7, 11) is 0. The van der Waals surface area contributed by atoms with Gasteiger partial charge in [-0.2, -0.15) is 5.10 Å². The van der Waals surface area contributed by atoms with Crippen LogP contribution in [0, 0.1) is 0 Å². The normalized spacial score (nSPS) is 17.9. The molecule has 0 bridgehead atoms.